The molecular formula is C11H12N2O3. The quantitative estimate of drug-likeness (QED) is 0.308. The van der Waals surface area contributed by atoms with Crippen molar-refractivity contribution in [3.63, 3.8) is 0 Å². The van der Waals surface area contributed by atoms with Crippen molar-refractivity contribution >= 4 is 11.8 Å². The molecule has 1 aromatic rings. The Morgan fingerprint density at radius 3 is 2.25 bits per heavy atom. The standard InChI is InChI=1S/C11H12N2O3/c12-10(13-16)11(5-6-11)8-3-1-7(2-4-8)9(14)15/h1-4,16H,5-6H2,(H2,12,13)(H,14,15). The maximum absolute atomic E-state index is 10.7. The lowest BCUT2D eigenvalue weighted by atomic mass is 9.94. The zero-order chi connectivity index (χ0) is 11.8. The second-order valence-electron chi connectivity index (χ2n) is 3.95. The van der Waals surface area contributed by atoms with Crippen LogP contribution in [0, 0.1) is 0 Å². The fourth-order valence-electron chi connectivity index (χ4n) is 1.85. The van der Waals surface area contributed by atoms with Crippen molar-refractivity contribution in [1.82, 2.24) is 0 Å². The lowest BCUT2D eigenvalue weighted by Gasteiger charge is -2.13. The highest BCUT2D eigenvalue weighted by Crippen LogP contribution is 2.48. The first kappa shape index (κ1) is 10.5. The monoisotopic (exact) mass is 220 g/mol. The van der Waals surface area contributed by atoms with E-state index in [4.69, 9.17) is 16.0 Å². The second-order valence-corrected chi connectivity index (χ2v) is 3.95. The van der Waals surface area contributed by atoms with E-state index in [1.807, 2.05) is 0 Å². The number of benzene rings is 1. The molecule has 16 heavy (non-hydrogen) atoms. The number of carboxylic acid groups (broad SMARTS) is 1. The van der Waals surface area contributed by atoms with E-state index in [0.29, 0.717) is 0 Å². The van der Waals surface area contributed by atoms with E-state index in [1.165, 1.54) is 12.1 Å². The van der Waals surface area contributed by atoms with Crippen molar-refractivity contribution < 1.29 is 15.1 Å². The van der Waals surface area contributed by atoms with Gasteiger partial charge in [-0.15, -0.1) is 0 Å². The van der Waals surface area contributed by atoms with Crippen molar-refractivity contribution in [1.29, 1.82) is 0 Å². The zero-order valence-electron chi connectivity index (χ0n) is 8.55. The first-order chi connectivity index (χ1) is 7.60. The minimum absolute atomic E-state index is 0.190. The van der Waals surface area contributed by atoms with Gasteiger partial charge in [-0.05, 0) is 30.5 Å². The largest absolute Gasteiger partial charge is 0.478 e. The molecule has 1 saturated carbocycles. The van der Waals surface area contributed by atoms with Gasteiger partial charge >= 0.3 is 5.97 Å². The number of aromatic carboxylic acids is 1. The Bertz CT molecular complexity index is 447. The third-order valence-electron chi connectivity index (χ3n) is 3.03. The Labute approximate surface area is 92.2 Å². The molecule has 0 heterocycles. The van der Waals surface area contributed by atoms with Crippen molar-refractivity contribution in [3.05, 3.63) is 35.4 Å². The van der Waals surface area contributed by atoms with Crippen LogP contribution in [0.15, 0.2) is 29.4 Å². The molecule has 0 unspecified atom stereocenters. The predicted octanol–water partition coefficient (Wildman–Crippen LogP) is 1.16. The van der Waals surface area contributed by atoms with Crippen molar-refractivity contribution in [2.45, 2.75) is 18.3 Å². The molecule has 84 valence electrons. The van der Waals surface area contributed by atoms with E-state index in [0.717, 1.165) is 18.4 Å². The van der Waals surface area contributed by atoms with E-state index in [2.05, 4.69) is 5.16 Å². The highest BCUT2D eigenvalue weighted by Gasteiger charge is 2.48. The molecular weight excluding hydrogens is 208 g/mol. The molecule has 2 rings (SSSR count). The Balaban J connectivity index is 2.33. The van der Waals surface area contributed by atoms with Gasteiger partial charge in [-0.2, -0.15) is 0 Å². The molecule has 0 atom stereocenters. The number of hydrogen-bond donors (Lipinski definition) is 3. The number of nitrogens with zero attached hydrogens (tertiary/aromatic N) is 1. The molecule has 0 aliphatic heterocycles. The summed E-state index contributed by atoms with van der Waals surface area (Å²) in [5, 5.41) is 20.5. The molecule has 0 saturated heterocycles. The van der Waals surface area contributed by atoms with Gasteiger partial charge < -0.3 is 16.0 Å². The first-order valence-electron chi connectivity index (χ1n) is 4.92. The number of carbonyl (C=O) groups is 1. The molecule has 1 aliphatic carbocycles. The first-order valence-corrected chi connectivity index (χ1v) is 4.92. The average Bonchev–Trinajstić information content (AvgIpc) is 3.09. The van der Waals surface area contributed by atoms with Crippen LogP contribution in [0.2, 0.25) is 0 Å². The molecule has 0 bridgehead atoms. The lowest BCUT2D eigenvalue weighted by Crippen LogP contribution is -2.28. The molecule has 4 N–H and O–H groups in total. The molecule has 5 heteroatoms. The molecule has 1 aliphatic rings. The Hall–Kier alpha value is -2.04. The minimum atomic E-state index is -0.958. The van der Waals surface area contributed by atoms with Gasteiger partial charge in [0, 0.05) is 0 Å². The van der Waals surface area contributed by atoms with E-state index in [1.54, 1.807) is 12.1 Å². The number of hydrogen-bond acceptors (Lipinski definition) is 3. The van der Waals surface area contributed by atoms with Crippen LogP contribution in [-0.2, 0) is 5.41 Å². The Morgan fingerprint density at radius 2 is 1.88 bits per heavy atom. The molecule has 0 radical (unpaired) electrons. The summed E-state index contributed by atoms with van der Waals surface area (Å²) in [5.74, 6) is -0.768. The second kappa shape index (κ2) is 3.52. The van der Waals surface area contributed by atoms with Crippen molar-refractivity contribution in [2.24, 2.45) is 10.9 Å². The van der Waals surface area contributed by atoms with Crippen molar-refractivity contribution in [2.75, 3.05) is 0 Å². The van der Waals surface area contributed by atoms with Gasteiger partial charge in [0.2, 0.25) is 0 Å². The molecule has 0 spiro atoms. The third kappa shape index (κ3) is 1.50. The molecule has 1 aromatic carbocycles. The van der Waals surface area contributed by atoms with Gasteiger partial charge in [0.25, 0.3) is 0 Å². The van der Waals surface area contributed by atoms with Crippen LogP contribution in [0.1, 0.15) is 28.8 Å². The summed E-state index contributed by atoms with van der Waals surface area (Å²) < 4.78 is 0. The number of carboxylic acids is 1. The molecule has 0 aromatic heterocycles. The van der Waals surface area contributed by atoms with Crippen LogP contribution >= 0.6 is 0 Å². The zero-order valence-corrected chi connectivity index (χ0v) is 8.55. The maximum atomic E-state index is 10.7. The number of amidine groups is 1. The lowest BCUT2D eigenvalue weighted by molar-refractivity contribution is 0.0697. The average molecular weight is 220 g/mol. The van der Waals surface area contributed by atoms with Crippen LogP contribution in [0.25, 0.3) is 0 Å². The van der Waals surface area contributed by atoms with Gasteiger partial charge in [-0.3, -0.25) is 0 Å². The maximum Gasteiger partial charge on any atom is 0.335 e. The van der Waals surface area contributed by atoms with Crippen LogP contribution in [0.4, 0.5) is 0 Å². The van der Waals surface area contributed by atoms with E-state index >= 15 is 0 Å². The van der Waals surface area contributed by atoms with Gasteiger partial charge in [0.05, 0.1) is 11.0 Å². The van der Waals surface area contributed by atoms with Crippen LogP contribution in [0.3, 0.4) is 0 Å². The fraction of sp³-hybridized carbons (Fsp3) is 0.273. The highest BCUT2D eigenvalue weighted by molar-refractivity contribution is 5.94. The molecule has 5 nitrogen and oxygen atoms in total. The Kier molecular flexibility index (Phi) is 2.30. The van der Waals surface area contributed by atoms with Gasteiger partial charge in [-0.1, -0.05) is 17.3 Å². The predicted molar refractivity (Wildman–Crippen MR) is 57.7 cm³/mol. The highest BCUT2D eigenvalue weighted by atomic mass is 16.4. The summed E-state index contributed by atoms with van der Waals surface area (Å²) in [6.07, 6.45) is 1.66. The van der Waals surface area contributed by atoms with Gasteiger partial charge in [0.1, 0.15) is 5.84 Å². The van der Waals surface area contributed by atoms with Crippen molar-refractivity contribution in [3.8, 4) is 0 Å². The summed E-state index contributed by atoms with van der Waals surface area (Å²) >= 11 is 0. The molecule has 1 fully saturated rings. The summed E-state index contributed by atoms with van der Waals surface area (Å²) in [6.45, 7) is 0. The van der Waals surface area contributed by atoms with Crippen LogP contribution in [0.5, 0.6) is 0 Å². The van der Waals surface area contributed by atoms with E-state index in [-0.39, 0.29) is 16.8 Å². The number of nitrogens with two attached hydrogens (primary N) is 1. The Morgan fingerprint density at radius 1 is 1.31 bits per heavy atom. The summed E-state index contributed by atoms with van der Waals surface area (Å²) in [7, 11) is 0. The topological polar surface area (TPSA) is 95.9 Å². The number of oxime groups is 1. The SMILES string of the molecule is N/C(=N/O)C1(c2ccc(C(=O)O)cc2)CC1. The normalized spacial score (nSPS) is 18.1. The van der Waals surface area contributed by atoms with Gasteiger partial charge in [0.15, 0.2) is 0 Å². The van der Waals surface area contributed by atoms with Gasteiger partial charge in [-0.25, -0.2) is 4.79 Å². The third-order valence-corrected chi connectivity index (χ3v) is 3.03. The smallest absolute Gasteiger partial charge is 0.335 e. The summed E-state index contributed by atoms with van der Waals surface area (Å²) in [4.78, 5) is 10.7. The van der Waals surface area contributed by atoms with E-state index < -0.39 is 5.97 Å². The summed E-state index contributed by atoms with van der Waals surface area (Å²) in [6, 6.07) is 6.49. The van der Waals surface area contributed by atoms with Crippen LogP contribution < -0.4 is 5.73 Å². The van der Waals surface area contributed by atoms with Crippen LogP contribution in [-0.4, -0.2) is 22.1 Å². The fourth-order valence-corrected chi connectivity index (χ4v) is 1.85. The number of rotatable bonds is 3. The molecule has 0 amide bonds. The minimum Gasteiger partial charge on any atom is -0.478 e. The van der Waals surface area contributed by atoms with E-state index in [9.17, 15) is 4.79 Å². The summed E-state index contributed by atoms with van der Waals surface area (Å²) in [5.41, 5.74) is 6.37.